The Morgan fingerprint density at radius 2 is 1.76 bits per heavy atom. The molecule has 1 nitrogen and oxygen atoms in total. The molecule has 17 heavy (non-hydrogen) atoms. The number of hydrogen-bond donors (Lipinski definition) is 1. The highest BCUT2D eigenvalue weighted by Gasteiger charge is 2.54. The molecule has 3 atom stereocenters. The summed E-state index contributed by atoms with van der Waals surface area (Å²) in [6, 6.07) is 5.52. The smallest absolute Gasteiger partial charge is 0.0838 e. The van der Waals surface area contributed by atoms with E-state index in [4.69, 9.17) is 23.2 Å². The van der Waals surface area contributed by atoms with Gasteiger partial charge in [0.15, 0.2) is 0 Å². The first kappa shape index (κ1) is 11.8. The molecular formula is C14H16Cl2O. The van der Waals surface area contributed by atoms with Crippen molar-refractivity contribution >= 4 is 23.2 Å². The number of benzene rings is 1. The first-order chi connectivity index (χ1) is 8.20. The van der Waals surface area contributed by atoms with E-state index in [-0.39, 0.29) is 0 Å². The minimum absolute atomic E-state index is 0.411. The van der Waals surface area contributed by atoms with Gasteiger partial charge in [-0.15, -0.1) is 0 Å². The van der Waals surface area contributed by atoms with E-state index in [9.17, 15) is 5.11 Å². The number of fused-ring (bicyclic) bond motifs is 1. The molecule has 2 aliphatic rings. The third-order valence-electron chi connectivity index (χ3n) is 4.39. The van der Waals surface area contributed by atoms with E-state index >= 15 is 0 Å². The molecule has 2 saturated carbocycles. The summed E-state index contributed by atoms with van der Waals surface area (Å²) in [6.07, 6.45) is 4.73. The summed E-state index contributed by atoms with van der Waals surface area (Å²) < 4.78 is 0. The van der Waals surface area contributed by atoms with Crippen molar-refractivity contribution in [2.24, 2.45) is 17.8 Å². The molecule has 92 valence electrons. The van der Waals surface area contributed by atoms with Gasteiger partial charge in [0.1, 0.15) is 0 Å². The van der Waals surface area contributed by atoms with Gasteiger partial charge in [-0.3, -0.25) is 0 Å². The first-order valence-electron chi connectivity index (χ1n) is 6.32. The van der Waals surface area contributed by atoms with Crippen molar-refractivity contribution in [2.75, 3.05) is 0 Å². The summed E-state index contributed by atoms with van der Waals surface area (Å²) >= 11 is 12.2. The molecule has 0 saturated heterocycles. The first-order valence-corrected chi connectivity index (χ1v) is 7.07. The van der Waals surface area contributed by atoms with Crippen LogP contribution in [-0.4, -0.2) is 5.11 Å². The summed E-state index contributed by atoms with van der Waals surface area (Å²) in [6.45, 7) is 0. The molecule has 0 aliphatic heterocycles. The van der Waals surface area contributed by atoms with Crippen LogP contribution in [0.4, 0.5) is 0 Å². The van der Waals surface area contributed by atoms with Crippen LogP contribution in [0.1, 0.15) is 37.4 Å². The second-order valence-electron chi connectivity index (χ2n) is 5.28. The summed E-state index contributed by atoms with van der Waals surface area (Å²) in [5.74, 6) is 1.84. The van der Waals surface area contributed by atoms with Crippen LogP contribution in [0.15, 0.2) is 18.2 Å². The van der Waals surface area contributed by atoms with Crippen molar-refractivity contribution in [2.45, 2.75) is 31.8 Å². The lowest BCUT2D eigenvalue weighted by Crippen LogP contribution is -2.03. The third-order valence-corrected chi connectivity index (χ3v) is 5.22. The maximum Gasteiger partial charge on any atom is 0.0838 e. The van der Waals surface area contributed by atoms with Crippen LogP contribution in [-0.2, 0) is 0 Å². The largest absolute Gasteiger partial charge is 0.388 e. The predicted octanol–water partition coefficient (Wildman–Crippen LogP) is 4.46. The predicted molar refractivity (Wildman–Crippen MR) is 70.4 cm³/mol. The summed E-state index contributed by atoms with van der Waals surface area (Å²) in [5, 5.41) is 11.5. The summed E-state index contributed by atoms with van der Waals surface area (Å²) in [4.78, 5) is 0. The van der Waals surface area contributed by atoms with E-state index in [1.54, 1.807) is 6.07 Å². The van der Waals surface area contributed by atoms with Crippen molar-refractivity contribution in [3.05, 3.63) is 33.8 Å². The molecular weight excluding hydrogens is 255 g/mol. The average Bonchev–Trinajstić information content (AvgIpc) is 3.06. The minimum atomic E-state index is -0.436. The number of hydrogen-bond acceptors (Lipinski definition) is 1. The van der Waals surface area contributed by atoms with E-state index < -0.39 is 6.10 Å². The topological polar surface area (TPSA) is 20.2 Å². The van der Waals surface area contributed by atoms with Gasteiger partial charge in [-0.05, 0) is 36.7 Å². The number of aliphatic hydroxyl groups is 1. The van der Waals surface area contributed by atoms with Gasteiger partial charge in [0, 0.05) is 5.56 Å². The zero-order valence-electron chi connectivity index (χ0n) is 9.57. The lowest BCUT2D eigenvalue weighted by atomic mass is 10.0. The molecule has 2 aliphatic carbocycles. The molecule has 3 rings (SSSR count). The minimum Gasteiger partial charge on any atom is -0.388 e. The van der Waals surface area contributed by atoms with E-state index in [0.717, 1.165) is 5.56 Å². The van der Waals surface area contributed by atoms with Crippen molar-refractivity contribution in [3.63, 3.8) is 0 Å². The van der Waals surface area contributed by atoms with Gasteiger partial charge < -0.3 is 5.11 Å². The molecule has 0 spiro atoms. The molecule has 0 heterocycles. The number of rotatable bonds is 2. The van der Waals surface area contributed by atoms with Crippen LogP contribution >= 0.6 is 23.2 Å². The molecule has 0 bridgehead atoms. The van der Waals surface area contributed by atoms with Crippen molar-refractivity contribution in [1.82, 2.24) is 0 Å². The van der Waals surface area contributed by atoms with Crippen molar-refractivity contribution in [3.8, 4) is 0 Å². The van der Waals surface area contributed by atoms with Gasteiger partial charge in [-0.1, -0.05) is 48.2 Å². The molecule has 1 aromatic carbocycles. The highest BCUT2D eigenvalue weighted by atomic mass is 35.5. The van der Waals surface area contributed by atoms with Crippen LogP contribution in [0.5, 0.6) is 0 Å². The monoisotopic (exact) mass is 270 g/mol. The Morgan fingerprint density at radius 1 is 1.12 bits per heavy atom. The van der Waals surface area contributed by atoms with Crippen LogP contribution in [0, 0.1) is 17.8 Å². The van der Waals surface area contributed by atoms with Gasteiger partial charge >= 0.3 is 0 Å². The summed E-state index contributed by atoms with van der Waals surface area (Å²) in [5.41, 5.74) is 0.804. The fourth-order valence-corrected chi connectivity index (χ4v) is 3.89. The normalized spacial score (nSPS) is 33.0. The van der Waals surface area contributed by atoms with Crippen molar-refractivity contribution in [1.29, 1.82) is 0 Å². The van der Waals surface area contributed by atoms with Crippen LogP contribution in [0.3, 0.4) is 0 Å². The lowest BCUT2D eigenvalue weighted by Gasteiger charge is -2.13. The molecule has 3 unspecified atom stereocenters. The number of halogens is 2. The van der Waals surface area contributed by atoms with Gasteiger partial charge in [-0.2, -0.15) is 0 Å². The quantitative estimate of drug-likeness (QED) is 0.841. The van der Waals surface area contributed by atoms with E-state index in [0.29, 0.717) is 27.8 Å². The van der Waals surface area contributed by atoms with E-state index in [2.05, 4.69) is 0 Å². The fraction of sp³-hybridized carbons (Fsp3) is 0.571. The zero-order valence-corrected chi connectivity index (χ0v) is 11.1. The Hall–Kier alpha value is -0.240. The SMILES string of the molecule is OC(c1cccc(Cl)c1Cl)C1C2CCCCC21. The van der Waals surface area contributed by atoms with Gasteiger partial charge in [0.2, 0.25) is 0 Å². The Kier molecular flexibility index (Phi) is 3.10. The fourth-order valence-electron chi connectivity index (χ4n) is 3.47. The Morgan fingerprint density at radius 3 is 2.41 bits per heavy atom. The zero-order chi connectivity index (χ0) is 12.0. The Labute approximate surface area is 112 Å². The average molecular weight is 271 g/mol. The van der Waals surface area contributed by atoms with Gasteiger partial charge in [0.05, 0.1) is 16.1 Å². The van der Waals surface area contributed by atoms with Gasteiger partial charge in [0.25, 0.3) is 0 Å². The Bertz CT molecular complexity index is 420. The summed E-state index contributed by atoms with van der Waals surface area (Å²) in [7, 11) is 0. The van der Waals surface area contributed by atoms with Gasteiger partial charge in [-0.25, -0.2) is 0 Å². The molecule has 2 fully saturated rings. The molecule has 3 heteroatoms. The molecule has 1 N–H and O–H groups in total. The molecule has 0 amide bonds. The lowest BCUT2D eigenvalue weighted by molar-refractivity contribution is 0.142. The maximum absolute atomic E-state index is 10.5. The van der Waals surface area contributed by atoms with Crippen LogP contribution in [0.2, 0.25) is 10.0 Å². The van der Waals surface area contributed by atoms with E-state index in [1.807, 2.05) is 12.1 Å². The van der Waals surface area contributed by atoms with Crippen LogP contribution in [0.25, 0.3) is 0 Å². The third kappa shape index (κ3) is 1.99. The highest BCUT2D eigenvalue weighted by Crippen LogP contribution is 2.60. The highest BCUT2D eigenvalue weighted by molar-refractivity contribution is 6.42. The molecule has 1 aromatic rings. The standard InChI is InChI=1S/C14H16Cl2O/c15-11-7-3-6-10(13(11)16)14(17)12-8-4-1-2-5-9(8)12/h3,6-9,12,14,17H,1-2,4-5H2. The maximum atomic E-state index is 10.5. The van der Waals surface area contributed by atoms with E-state index in [1.165, 1.54) is 25.7 Å². The number of aliphatic hydroxyl groups excluding tert-OH is 1. The van der Waals surface area contributed by atoms with Crippen molar-refractivity contribution < 1.29 is 5.11 Å². The Balaban J connectivity index is 1.83. The second kappa shape index (κ2) is 4.46. The molecule has 0 radical (unpaired) electrons. The molecule has 0 aromatic heterocycles. The second-order valence-corrected chi connectivity index (χ2v) is 6.06. The van der Waals surface area contributed by atoms with Crippen LogP contribution < -0.4 is 0 Å².